The molecule has 2 aromatic carbocycles. The second kappa shape index (κ2) is 9.40. The summed E-state index contributed by atoms with van der Waals surface area (Å²) in [5.41, 5.74) is 3.15. The van der Waals surface area contributed by atoms with Crippen molar-refractivity contribution in [2.45, 2.75) is 13.8 Å². The Morgan fingerprint density at radius 1 is 1.21 bits per heavy atom. The summed E-state index contributed by atoms with van der Waals surface area (Å²) >= 11 is 0. The van der Waals surface area contributed by atoms with Gasteiger partial charge in [0.05, 0.1) is 22.8 Å². The molecule has 0 unspecified atom stereocenters. The van der Waals surface area contributed by atoms with Crippen LogP contribution in [0.25, 0.3) is 0 Å². The van der Waals surface area contributed by atoms with E-state index in [0.29, 0.717) is 23.5 Å². The van der Waals surface area contributed by atoms with Crippen LogP contribution >= 0.6 is 0 Å². The summed E-state index contributed by atoms with van der Waals surface area (Å²) in [5, 5.41) is 19.2. The van der Waals surface area contributed by atoms with Gasteiger partial charge >= 0.3 is 5.97 Å². The number of benzene rings is 2. The minimum atomic E-state index is -0.462. The normalized spacial score (nSPS) is 10.7. The molecule has 0 heterocycles. The minimum absolute atomic E-state index is 0.0242. The Kier molecular flexibility index (Phi) is 6.97. The van der Waals surface area contributed by atoms with Crippen molar-refractivity contribution in [3.8, 4) is 0 Å². The number of nitrogens with zero attached hydrogens (tertiary/aromatic N) is 4. The van der Waals surface area contributed by atoms with Crippen LogP contribution in [0, 0.1) is 17.0 Å². The van der Waals surface area contributed by atoms with E-state index in [2.05, 4.69) is 16.8 Å². The number of hydrogen-bond donors (Lipinski definition) is 0. The molecule has 0 radical (unpaired) electrons. The highest BCUT2D eigenvalue weighted by Crippen LogP contribution is 2.27. The van der Waals surface area contributed by atoms with E-state index in [9.17, 15) is 14.9 Å². The van der Waals surface area contributed by atoms with E-state index in [1.54, 1.807) is 25.1 Å². The van der Waals surface area contributed by atoms with Gasteiger partial charge < -0.3 is 9.64 Å². The summed E-state index contributed by atoms with van der Waals surface area (Å²) in [6.45, 7) is 7.75. The molecule has 8 nitrogen and oxygen atoms in total. The van der Waals surface area contributed by atoms with Crippen LogP contribution in [0.3, 0.4) is 0 Å². The highest BCUT2D eigenvalue weighted by molar-refractivity contribution is 5.86. The molecule has 0 saturated heterocycles. The summed E-state index contributed by atoms with van der Waals surface area (Å²) in [6, 6.07) is 11.8. The SMILES string of the molecule is C=C(C)C(=O)OCCN(C)c1ccc(N=Nc2cc([N+](=O)[O-])ccc2C)cc1. The summed E-state index contributed by atoms with van der Waals surface area (Å²) in [5.74, 6) is -0.402. The van der Waals surface area contributed by atoms with Crippen LogP contribution < -0.4 is 4.90 Å². The van der Waals surface area contributed by atoms with Crippen molar-refractivity contribution in [3.63, 3.8) is 0 Å². The van der Waals surface area contributed by atoms with Crippen molar-refractivity contribution < 1.29 is 14.5 Å². The third-order valence-corrected chi connectivity index (χ3v) is 3.98. The predicted molar refractivity (Wildman–Crippen MR) is 107 cm³/mol. The van der Waals surface area contributed by atoms with Crippen LogP contribution in [0.15, 0.2) is 64.8 Å². The fraction of sp³-hybridized carbons (Fsp3) is 0.250. The molecule has 28 heavy (non-hydrogen) atoms. The number of aryl methyl sites for hydroxylation is 1. The lowest BCUT2D eigenvalue weighted by Crippen LogP contribution is -2.23. The second-order valence-corrected chi connectivity index (χ2v) is 6.28. The first-order valence-corrected chi connectivity index (χ1v) is 8.58. The van der Waals surface area contributed by atoms with Gasteiger partial charge in [0.15, 0.2) is 0 Å². The Morgan fingerprint density at radius 3 is 2.50 bits per heavy atom. The molecule has 0 amide bonds. The molecular formula is C20H22N4O4. The Labute approximate surface area is 163 Å². The first-order valence-electron chi connectivity index (χ1n) is 8.58. The van der Waals surface area contributed by atoms with Crippen molar-refractivity contribution in [2.24, 2.45) is 10.2 Å². The summed E-state index contributed by atoms with van der Waals surface area (Å²) in [4.78, 5) is 23.7. The van der Waals surface area contributed by atoms with Crippen molar-refractivity contribution in [1.29, 1.82) is 0 Å². The van der Waals surface area contributed by atoms with Crippen LogP contribution in [-0.2, 0) is 9.53 Å². The zero-order chi connectivity index (χ0) is 20.7. The molecule has 0 atom stereocenters. The van der Waals surface area contributed by atoms with Gasteiger partial charge in [0.2, 0.25) is 0 Å². The van der Waals surface area contributed by atoms with E-state index >= 15 is 0 Å². The van der Waals surface area contributed by atoms with E-state index in [-0.39, 0.29) is 12.3 Å². The lowest BCUT2D eigenvalue weighted by atomic mass is 10.2. The Morgan fingerprint density at radius 2 is 1.89 bits per heavy atom. The molecule has 0 aliphatic heterocycles. The maximum Gasteiger partial charge on any atom is 0.333 e. The highest BCUT2D eigenvalue weighted by Gasteiger charge is 2.08. The molecule has 0 saturated carbocycles. The van der Waals surface area contributed by atoms with Crippen molar-refractivity contribution in [1.82, 2.24) is 0 Å². The lowest BCUT2D eigenvalue weighted by molar-refractivity contribution is -0.384. The van der Waals surface area contributed by atoms with Gasteiger partial charge in [0.25, 0.3) is 5.69 Å². The molecule has 2 aromatic rings. The maximum absolute atomic E-state index is 11.4. The van der Waals surface area contributed by atoms with Gasteiger partial charge in [-0.1, -0.05) is 12.6 Å². The van der Waals surface area contributed by atoms with Gasteiger partial charge in [0, 0.05) is 30.4 Å². The Hall–Kier alpha value is -3.55. The molecular weight excluding hydrogens is 360 g/mol. The molecule has 0 aliphatic carbocycles. The molecule has 0 aliphatic rings. The number of carbonyl (C=O) groups excluding carboxylic acids is 1. The van der Waals surface area contributed by atoms with E-state index in [1.165, 1.54) is 12.1 Å². The third kappa shape index (κ3) is 5.73. The van der Waals surface area contributed by atoms with E-state index in [4.69, 9.17) is 4.74 Å². The van der Waals surface area contributed by atoms with Gasteiger partial charge in [-0.15, -0.1) is 0 Å². The third-order valence-electron chi connectivity index (χ3n) is 3.98. The molecule has 8 heteroatoms. The monoisotopic (exact) mass is 382 g/mol. The number of non-ortho nitro benzene ring substituents is 1. The standard InChI is InChI=1S/C20H22N4O4/c1-14(2)20(25)28-12-11-23(4)17-9-6-16(7-10-17)21-22-19-13-18(24(26)27)8-5-15(19)3/h5-10,13H,1,11-12H2,2-4H3. The van der Waals surface area contributed by atoms with Crippen molar-refractivity contribution in [3.05, 3.63) is 70.3 Å². The smallest absolute Gasteiger partial charge is 0.333 e. The number of azo groups is 1. The van der Waals surface area contributed by atoms with Gasteiger partial charge in [0.1, 0.15) is 6.61 Å². The number of nitro groups is 1. The quantitative estimate of drug-likeness (QED) is 0.213. The number of carbonyl (C=O) groups is 1. The molecule has 0 bridgehead atoms. The number of nitro benzene ring substituents is 1. The number of rotatable bonds is 8. The minimum Gasteiger partial charge on any atom is -0.460 e. The van der Waals surface area contributed by atoms with Gasteiger partial charge in [-0.05, 0) is 43.7 Å². The molecule has 2 rings (SSSR count). The largest absolute Gasteiger partial charge is 0.460 e. The van der Waals surface area contributed by atoms with Crippen molar-refractivity contribution >= 4 is 28.7 Å². The van der Waals surface area contributed by atoms with E-state index < -0.39 is 10.9 Å². The van der Waals surface area contributed by atoms with E-state index in [1.807, 2.05) is 31.0 Å². The highest BCUT2D eigenvalue weighted by atomic mass is 16.6. The van der Waals surface area contributed by atoms with Gasteiger partial charge in [-0.2, -0.15) is 10.2 Å². The fourth-order valence-corrected chi connectivity index (χ4v) is 2.23. The Bertz CT molecular complexity index is 907. The summed E-state index contributed by atoms with van der Waals surface area (Å²) in [6.07, 6.45) is 0. The topological polar surface area (TPSA) is 97.4 Å². The maximum atomic E-state index is 11.4. The molecule has 0 fully saturated rings. The van der Waals surface area contributed by atoms with Gasteiger partial charge in [-0.3, -0.25) is 10.1 Å². The average Bonchev–Trinajstić information content (AvgIpc) is 2.67. The van der Waals surface area contributed by atoms with Gasteiger partial charge in [-0.25, -0.2) is 4.79 Å². The molecule has 0 N–H and O–H groups in total. The first kappa shape index (κ1) is 20.8. The number of esters is 1. The van der Waals surface area contributed by atoms with Crippen LogP contribution in [0.4, 0.5) is 22.7 Å². The predicted octanol–water partition coefficient (Wildman–Crippen LogP) is 4.87. The van der Waals surface area contributed by atoms with E-state index in [0.717, 1.165) is 11.3 Å². The number of ether oxygens (including phenoxy) is 1. The molecule has 146 valence electrons. The number of anilines is 1. The van der Waals surface area contributed by atoms with Crippen LogP contribution in [-0.4, -0.2) is 31.1 Å². The van der Waals surface area contributed by atoms with Crippen LogP contribution in [0.1, 0.15) is 12.5 Å². The number of likely N-dealkylation sites (N-methyl/N-ethyl adjacent to an activating group) is 1. The zero-order valence-electron chi connectivity index (χ0n) is 16.1. The number of hydrogen-bond acceptors (Lipinski definition) is 7. The molecule has 0 aromatic heterocycles. The summed E-state index contributed by atoms with van der Waals surface area (Å²) in [7, 11) is 1.89. The van der Waals surface area contributed by atoms with Crippen LogP contribution in [0.2, 0.25) is 0 Å². The zero-order valence-corrected chi connectivity index (χ0v) is 16.1. The van der Waals surface area contributed by atoms with Crippen LogP contribution in [0.5, 0.6) is 0 Å². The van der Waals surface area contributed by atoms with Crippen molar-refractivity contribution in [2.75, 3.05) is 25.1 Å². The Balaban J connectivity index is 2.00. The fourth-order valence-electron chi connectivity index (χ4n) is 2.23. The average molecular weight is 382 g/mol. The summed E-state index contributed by atoms with van der Waals surface area (Å²) < 4.78 is 5.08. The second-order valence-electron chi connectivity index (χ2n) is 6.28. The first-order chi connectivity index (χ1) is 13.3. The lowest BCUT2D eigenvalue weighted by Gasteiger charge is -2.19. The molecule has 0 spiro atoms.